The largest absolute Gasteiger partial charge is 0.319 e. The average molecular weight is 344 g/mol. The van der Waals surface area contributed by atoms with Gasteiger partial charge in [-0.2, -0.15) is 0 Å². The molecule has 2 aromatic rings. The quantitative estimate of drug-likeness (QED) is 0.777. The van der Waals surface area contributed by atoms with Gasteiger partial charge in [-0.15, -0.1) is 11.8 Å². The van der Waals surface area contributed by atoms with Gasteiger partial charge in [0.1, 0.15) is 17.2 Å². The molecule has 2 aliphatic heterocycles. The maximum Gasteiger partial charge on any atom is 0.257 e. The van der Waals surface area contributed by atoms with Crippen molar-refractivity contribution in [3.8, 4) is 0 Å². The molecule has 2 fully saturated rings. The van der Waals surface area contributed by atoms with Crippen LogP contribution in [0.5, 0.6) is 0 Å². The Labute approximate surface area is 143 Å². The SMILES string of the molecule is O=C1[C@@H]2CS[C@H](c3ccc(F)cc3)N2C(=S)N1c1ccccc1. The number of thiocarbonyl (C=S) groups is 1. The molecule has 0 radical (unpaired) electrons. The molecule has 0 aliphatic carbocycles. The third kappa shape index (κ3) is 2.33. The van der Waals surface area contributed by atoms with Crippen LogP contribution in [0.3, 0.4) is 0 Å². The second-order valence-corrected chi connectivity index (χ2v) is 6.93. The van der Waals surface area contributed by atoms with Crippen LogP contribution < -0.4 is 4.90 Å². The molecule has 0 saturated carbocycles. The van der Waals surface area contributed by atoms with E-state index >= 15 is 0 Å². The van der Waals surface area contributed by atoms with Gasteiger partial charge in [-0.1, -0.05) is 30.3 Å². The summed E-state index contributed by atoms with van der Waals surface area (Å²) < 4.78 is 13.2. The summed E-state index contributed by atoms with van der Waals surface area (Å²) in [6.45, 7) is 0. The fraction of sp³-hybridized carbons (Fsp3) is 0.176. The van der Waals surface area contributed by atoms with Crippen molar-refractivity contribution in [2.24, 2.45) is 0 Å². The lowest BCUT2D eigenvalue weighted by atomic mass is 10.2. The molecule has 2 aromatic carbocycles. The van der Waals surface area contributed by atoms with Gasteiger partial charge in [0.15, 0.2) is 5.11 Å². The highest BCUT2D eigenvalue weighted by atomic mass is 32.2. The number of carbonyl (C=O) groups is 1. The molecule has 6 heteroatoms. The summed E-state index contributed by atoms with van der Waals surface area (Å²) in [6.07, 6.45) is 0. The first-order valence-corrected chi connectivity index (χ1v) is 8.71. The standard InChI is InChI=1S/C17H13FN2OS2/c18-12-8-6-11(7-9-12)16-20-14(10-23-16)15(21)19(17(20)22)13-4-2-1-3-5-13/h1-9,14,16H,10H2/t14-,16+/m0/s1. The maximum absolute atomic E-state index is 13.2. The van der Waals surface area contributed by atoms with Crippen LogP contribution in [-0.4, -0.2) is 27.7 Å². The molecular weight excluding hydrogens is 331 g/mol. The van der Waals surface area contributed by atoms with Crippen LogP contribution in [0.15, 0.2) is 54.6 Å². The third-order valence-corrected chi connectivity index (χ3v) is 5.80. The number of carbonyl (C=O) groups excluding carboxylic acids is 1. The summed E-state index contributed by atoms with van der Waals surface area (Å²) in [4.78, 5) is 16.3. The Hall–Kier alpha value is -1.92. The van der Waals surface area contributed by atoms with E-state index in [1.54, 1.807) is 28.8 Å². The number of hydrogen-bond donors (Lipinski definition) is 0. The molecule has 1 amide bonds. The van der Waals surface area contributed by atoms with Crippen molar-refractivity contribution in [1.29, 1.82) is 0 Å². The van der Waals surface area contributed by atoms with Crippen molar-refractivity contribution in [1.82, 2.24) is 4.90 Å². The Morgan fingerprint density at radius 3 is 2.48 bits per heavy atom. The topological polar surface area (TPSA) is 23.6 Å². The zero-order chi connectivity index (χ0) is 16.0. The van der Waals surface area contributed by atoms with Crippen molar-refractivity contribution in [2.45, 2.75) is 11.4 Å². The molecule has 0 aromatic heterocycles. The van der Waals surface area contributed by atoms with E-state index in [0.717, 1.165) is 11.3 Å². The summed E-state index contributed by atoms with van der Waals surface area (Å²) in [5.74, 6) is 0.433. The van der Waals surface area contributed by atoms with Crippen LogP contribution in [0.2, 0.25) is 0 Å². The lowest BCUT2D eigenvalue weighted by molar-refractivity contribution is -0.119. The molecule has 4 rings (SSSR count). The minimum Gasteiger partial charge on any atom is -0.319 e. The Balaban J connectivity index is 1.68. The number of fused-ring (bicyclic) bond motifs is 1. The lowest BCUT2D eigenvalue weighted by Crippen LogP contribution is -2.33. The minimum atomic E-state index is -0.265. The van der Waals surface area contributed by atoms with E-state index in [-0.39, 0.29) is 23.1 Å². The van der Waals surface area contributed by atoms with Crippen LogP contribution in [0.1, 0.15) is 10.9 Å². The maximum atomic E-state index is 13.2. The zero-order valence-electron chi connectivity index (χ0n) is 12.1. The molecule has 0 spiro atoms. The van der Waals surface area contributed by atoms with Crippen LogP contribution in [0.25, 0.3) is 0 Å². The molecule has 0 unspecified atom stereocenters. The van der Waals surface area contributed by atoms with Crippen LogP contribution in [0.4, 0.5) is 10.1 Å². The molecule has 0 N–H and O–H groups in total. The Morgan fingerprint density at radius 2 is 1.78 bits per heavy atom. The monoisotopic (exact) mass is 344 g/mol. The van der Waals surface area contributed by atoms with E-state index in [1.807, 2.05) is 35.2 Å². The van der Waals surface area contributed by atoms with Gasteiger partial charge >= 0.3 is 0 Å². The summed E-state index contributed by atoms with van der Waals surface area (Å²) in [5.41, 5.74) is 1.75. The first-order chi connectivity index (χ1) is 11.2. The molecule has 116 valence electrons. The van der Waals surface area contributed by atoms with Gasteiger partial charge < -0.3 is 4.90 Å². The third-order valence-electron chi connectivity index (χ3n) is 4.09. The molecule has 0 bridgehead atoms. The fourth-order valence-corrected chi connectivity index (χ4v) is 4.91. The Morgan fingerprint density at radius 1 is 1.09 bits per heavy atom. The highest BCUT2D eigenvalue weighted by molar-refractivity contribution is 7.99. The number of benzene rings is 2. The number of halogens is 1. The van der Waals surface area contributed by atoms with Crippen molar-refractivity contribution >= 4 is 40.7 Å². The molecule has 2 aliphatic rings. The summed E-state index contributed by atoms with van der Waals surface area (Å²) in [6, 6.07) is 15.6. The summed E-state index contributed by atoms with van der Waals surface area (Å²) >= 11 is 7.25. The fourth-order valence-electron chi connectivity index (χ4n) is 2.99. The molecule has 23 heavy (non-hydrogen) atoms. The van der Waals surface area contributed by atoms with Crippen molar-refractivity contribution in [3.63, 3.8) is 0 Å². The second kappa shape index (κ2) is 5.62. The van der Waals surface area contributed by atoms with Gasteiger partial charge in [-0.05, 0) is 42.0 Å². The average Bonchev–Trinajstić information content (AvgIpc) is 3.10. The van der Waals surface area contributed by atoms with Crippen LogP contribution in [-0.2, 0) is 4.79 Å². The summed E-state index contributed by atoms with van der Waals surface area (Å²) in [7, 11) is 0. The van der Waals surface area contributed by atoms with Gasteiger partial charge in [0.25, 0.3) is 5.91 Å². The van der Waals surface area contributed by atoms with E-state index in [0.29, 0.717) is 10.9 Å². The van der Waals surface area contributed by atoms with Crippen molar-refractivity contribution in [3.05, 3.63) is 66.0 Å². The number of nitrogens with zero attached hydrogens (tertiary/aromatic N) is 2. The lowest BCUT2D eigenvalue weighted by Gasteiger charge is -2.25. The number of thioether (sulfide) groups is 1. The van der Waals surface area contributed by atoms with Gasteiger partial charge in [-0.3, -0.25) is 9.69 Å². The minimum absolute atomic E-state index is 0.0123. The van der Waals surface area contributed by atoms with Crippen LogP contribution >= 0.6 is 24.0 Å². The van der Waals surface area contributed by atoms with Gasteiger partial charge in [-0.25, -0.2) is 4.39 Å². The van der Waals surface area contributed by atoms with Gasteiger partial charge in [0.05, 0.1) is 5.69 Å². The highest BCUT2D eigenvalue weighted by Crippen LogP contribution is 2.46. The molecule has 2 atom stereocenters. The van der Waals surface area contributed by atoms with Gasteiger partial charge in [0, 0.05) is 5.75 Å². The number of amides is 1. The Bertz CT molecular complexity index is 766. The molecule has 3 nitrogen and oxygen atoms in total. The molecular formula is C17H13FN2OS2. The van der Waals surface area contributed by atoms with E-state index in [4.69, 9.17) is 12.2 Å². The highest BCUT2D eigenvalue weighted by Gasteiger charge is 2.50. The zero-order valence-corrected chi connectivity index (χ0v) is 13.7. The normalized spacial score (nSPS) is 23.5. The van der Waals surface area contributed by atoms with E-state index in [9.17, 15) is 9.18 Å². The van der Waals surface area contributed by atoms with E-state index < -0.39 is 0 Å². The number of hydrogen-bond acceptors (Lipinski definition) is 3. The second-order valence-electron chi connectivity index (χ2n) is 5.45. The number of rotatable bonds is 2. The molecule has 2 heterocycles. The van der Waals surface area contributed by atoms with Crippen LogP contribution in [0, 0.1) is 5.82 Å². The van der Waals surface area contributed by atoms with Gasteiger partial charge in [0.2, 0.25) is 0 Å². The van der Waals surface area contributed by atoms with E-state index in [1.165, 1.54) is 12.1 Å². The number of anilines is 1. The smallest absolute Gasteiger partial charge is 0.257 e. The molecule has 2 saturated heterocycles. The van der Waals surface area contributed by atoms with Crippen molar-refractivity contribution in [2.75, 3.05) is 10.7 Å². The van der Waals surface area contributed by atoms with Crippen molar-refractivity contribution < 1.29 is 9.18 Å². The first-order valence-electron chi connectivity index (χ1n) is 7.25. The number of para-hydroxylation sites is 1. The first kappa shape index (κ1) is 14.7. The summed E-state index contributed by atoms with van der Waals surface area (Å²) in [5, 5.41) is 0.469. The predicted molar refractivity (Wildman–Crippen MR) is 93.8 cm³/mol. The Kier molecular flexibility index (Phi) is 3.58. The van der Waals surface area contributed by atoms with E-state index in [2.05, 4.69) is 0 Å². The predicted octanol–water partition coefficient (Wildman–Crippen LogP) is 3.57.